The summed E-state index contributed by atoms with van der Waals surface area (Å²) in [4.78, 5) is 17.9. The molecule has 0 saturated carbocycles. The quantitative estimate of drug-likeness (QED) is 0.803. The molecular weight excluding hydrogens is 338 g/mol. The number of nitrogens with zero attached hydrogens (tertiary/aromatic N) is 2. The van der Waals surface area contributed by atoms with Crippen molar-refractivity contribution < 1.29 is 9.90 Å². The Hall–Kier alpha value is -1.43. The maximum absolute atomic E-state index is 12.9. The first kappa shape index (κ1) is 18.9. The van der Waals surface area contributed by atoms with E-state index >= 15 is 0 Å². The van der Waals surface area contributed by atoms with Crippen molar-refractivity contribution in [3.05, 3.63) is 35.9 Å². The molecular formula is C22H33N3O2. The van der Waals surface area contributed by atoms with Crippen molar-refractivity contribution in [1.82, 2.24) is 15.1 Å². The molecule has 5 heteroatoms. The maximum Gasteiger partial charge on any atom is 0.224 e. The minimum absolute atomic E-state index is 0.123. The first-order valence-electron chi connectivity index (χ1n) is 10.7. The minimum atomic E-state index is 0.123. The average molecular weight is 372 g/mol. The fraction of sp³-hybridized carbons (Fsp3) is 0.682. The van der Waals surface area contributed by atoms with Crippen LogP contribution in [0.1, 0.15) is 43.7 Å². The van der Waals surface area contributed by atoms with Crippen LogP contribution in [0.25, 0.3) is 0 Å². The van der Waals surface area contributed by atoms with E-state index in [0.717, 1.165) is 58.4 Å². The van der Waals surface area contributed by atoms with Crippen LogP contribution in [-0.4, -0.2) is 66.2 Å². The predicted octanol–water partition coefficient (Wildman–Crippen LogP) is 2.03. The molecule has 1 aromatic rings. The number of aliphatic hydroxyl groups is 1. The topological polar surface area (TPSA) is 55.8 Å². The van der Waals surface area contributed by atoms with Gasteiger partial charge >= 0.3 is 0 Å². The minimum Gasteiger partial charge on any atom is -0.396 e. The molecule has 3 fully saturated rings. The number of hydrogen-bond donors (Lipinski definition) is 2. The molecule has 2 N–H and O–H groups in total. The number of nitrogens with one attached hydrogen (secondary N) is 1. The summed E-state index contributed by atoms with van der Waals surface area (Å²) in [5.41, 5.74) is 1.35. The highest BCUT2D eigenvalue weighted by Gasteiger charge is 2.46. The second kappa shape index (κ2) is 8.72. The van der Waals surface area contributed by atoms with Crippen LogP contribution in [0.2, 0.25) is 0 Å². The van der Waals surface area contributed by atoms with Crippen LogP contribution in [0.5, 0.6) is 0 Å². The van der Waals surface area contributed by atoms with Crippen LogP contribution in [0, 0.1) is 11.8 Å². The zero-order valence-corrected chi connectivity index (χ0v) is 16.2. The molecule has 0 bridgehead atoms. The van der Waals surface area contributed by atoms with E-state index in [1.807, 2.05) is 0 Å². The average Bonchev–Trinajstić information content (AvgIpc) is 3.32. The molecule has 0 spiro atoms. The molecule has 27 heavy (non-hydrogen) atoms. The number of piperidine rings is 1. The number of benzene rings is 1. The van der Waals surface area contributed by atoms with E-state index in [2.05, 4.69) is 45.4 Å². The fourth-order valence-corrected chi connectivity index (χ4v) is 5.31. The molecule has 0 radical (unpaired) electrons. The molecule has 3 aliphatic heterocycles. The van der Waals surface area contributed by atoms with E-state index in [4.69, 9.17) is 0 Å². The van der Waals surface area contributed by atoms with Gasteiger partial charge in [-0.3, -0.25) is 9.69 Å². The lowest BCUT2D eigenvalue weighted by molar-refractivity contribution is -0.125. The van der Waals surface area contributed by atoms with Gasteiger partial charge in [-0.15, -0.1) is 0 Å². The molecule has 3 saturated heterocycles. The smallest absolute Gasteiger partial charge is 0.224 e. The van der Waals surface area contributed by atoms with Gasteiger partial charge in [-0.2, -0.15) is 0 Å². The van der Waals surface area contributed by atoms with Gasteiger partial charge in [0.2, 0.25) is 5.91 Å². The lowest BCUT2D eigenvalue weighted by atomic mass is 9.93. The summed E-state index contributed by atoms with van der Waals surface area (Å²) >= 11 is 0. The molecule has 1 aromatic carbocycles. The summed E-state index contributed by atoms with van der Waals surface area (Å²) < 4.78 is 0. The molecule has 0 unspecified atom stereocenters. The third kappa shape index (κ3) is 4.20. The maximum atomic E-state index is 12.9. The monoisotopic (exact) mass is 371 g/mol. The van der Waals surface area contributed by atoms with Gasteiger partial charge in [0.05, 0.1) is 5.92 Å². The highest BCUT2D eigenvalue weighted by molar-refractivity contribution is 5.80. The van der Waals surface area contributed by atoms with Gasteiger partial charge in [0.1, 0.15) is 0 Å². The Labute approximate surface area is 162 Å². The van der Waals surface area contributed by atoms with Crippen molar-refractivity contribution in [3.8, 4) is 0 Å². The van der Waals surface area contributed by atoms with Crippen molar-refractivity contribution in [2.24, 2.45) is 11.8 Å². The van der Waals surface area contributed by atoms with Gasteiger partial charge in [-0.05, 0) is 63.2 Å². The second-order valence-corrected chi connectivity index (χ2v) is 8.47. The van der Waals surface area contributed by atoms with Gasteiger partial charge in [-0.25, -0.2) is 0 Å². The number of rotatable bonds is 6. The van der Waals surface area contributed by atoms with Crippen molar-refractivity contribution in [2.45, 2.75) is 44.2 Å². The van der Waals surface area contributed by atoms with Crippen LogP contribution in [0.15, 0.2) is 30.3 Å². The van der Waals surface area contributed by atoms with Gasteiger partial charge in [0.15, 0.2) is 0 Å². The van der Waals surface area contributed by atoms with E-state index < -0.39 is 0 Å². The zero-order chi connectivity index (χ0) is 18.6. The lowest BCUT2D eigenvalue weighted by Gasteiger charge is -2.31. The van der Waals surface area contributed by atoms with Crippen molar-refractivity contribution in [1.29, 1.82) is 0 Å². The van der Waals surface area contributed by atoms with E-state index in [-0.39, 0.29) is 11.8 Å². The van der Waals surface area contributed by atoms with Crippen LogP contribution in [-0.2, 0) is 4.79 Å². The van der Waals surface area contributed by atoms with E-state index in [9.17, 15) is 9.90 Å². The van der Waals surface area contributed by atoms with E-state index in [1.54, 1.807) is 0 Å². The normalized spacial score (nSPS) is 29.7. The summed E-state index contributed by atoms with van der Waals surface area (Å²) in [6.07, 6.45) is 5.45. The van der Waals surface area contributed by atoms with Crippen molar-refractivity contribution in [3.63, 3.8) is 0 Å². The Kier molecular flexibility index (Phi) is 6.11. The van der Waals surface area contributed by atoms with Gasteiger partial charge < -0.3 is 15.3 Å². The molecule has 4 rings (SSSR count). The first-order valence-corrected chi connectivity index (χ1v) is 10.7. The number of aliphatic hydroxyl groups excluding tert-OH is 1. The van der Waals surface area contributed by atoms with E-state index in [1.165, 1.54) is 12.0 Å². The Morgan fingerprint density at radius 1 is 1.11 bits per heavy atom. The van der Waals surface area contributed by atoms with Crippen LogP contribution in [0.3, 0.4) is 0 Å². The number of hydrogen-bond acceptors (Lipinski definition) is 4. The van der Waals surface area contributed by atoms with Crippen LogP contribution in [0.4, 0.5) is 0 Å². The van der Waals surface area contributed by atoms with Gasteiger partial charge in [-0.1, -0.05) is 30.3 Å². The summed E-state index contributed by atoms with van der Waals surface area (Å²) in [6, 6.07) is 11.5. The van der Waals surface area contributed by atoms with Gasteiger partial charge in [0.25, 0.3) is 0 Å². The van der Waals surface area contributed by atoms with Crippen LogP contribution >= 0.6 is 0 Å². The third-order valence-electron chi connectivity index (χ3n) is 6.90. The van der Waals surface area contributed by atoms with Crippen molar-refractivity contribution >= 4 is 5.91 Å². The van der Waals surface area contributed by atoms with Gasteiger partial charge in [0, 0.05) is 31.8 Å². The molecule has 3 atom stereocenters. The number of fused-ring (bicyclic) bond motifs is 1. The SMILES string of the molecule is O=C(NCCN1CCC(CO)CC1)[C@H]1C[C@@H](c2ccccc2)N2CCC[C@H]12. The standard InChI is InChI=1S/C22H33N3O2/c26-16-17-8-12-24(13-9-17)14-10-23-22(27)19-15-21(18-5-2-1-3-6-18)25-11-4-7-20(19)25/h1-3,5-6,17,19-21,26H,4,7-16H2,(H,23,27)/t19-,20+,21-/m0/s1. The number of carbonyl (C=O) groups excluding carboxylic acids is 1. The third-order valence-corrected chi connectivity index (χ3v) is 6.90. The summed E-state index contributed by atoms with van der Waals surface area (Å²) in [5, 5.41) is 12.5. The number of amides is 1. The number of carbonyl (C=O) groups is 1. The Balaban J connectivity index is 1.29. The zero-order valence-electron chi connectivity index (χ0n) is 16.2. The highest BCUT2D eigenvalue weighted by Crippen LogP contribution is 2.44. The first-order chi connectivity index (χ1) is 13.3. The summed E-state index contributed by atoms with van der Waals surface area (Å²) in [7, 11) is 0. The number of likely N-dealkylation sites (tertiary alicyclic amines) is 1. The fourth-order valence-electron chi connectivity index (χ4n) is 5.31. The predicted molar refractivity (Wildman–Crippen MR) is 106 cm³/mol. The second-order valence-electron chi connectivity index (χ2n) is 8.47. The highest BCUT2D eigenvalue weighted by atomic mass is 16.3. The Morgan fingerprint density at radius 2 is 1.89 bits per heavy atom. The summed E-state index contributed by atoms with van der Waals surface area (Å²) in [5.74, 6) is 0.839. The van der Waals surface area contributed by atoms with Crippen LogP contribution < -0.4 is 5.32 Å². The molecule has 0 aliphatic carbocycles. The van der Waals surface area contributed by atoms with E-state index in [0.29, 0.717) is 24.6 Å². The summed E-state index contributed by atoms with van der Waals surface area (Å²) in [6.45, 7) is 5.17. The molecule has 3 heterocycles. The Bertz CT molecular complexity index is 615. The lowest BCUT2D eigenvalue weighted by Crippen LogP contribution is -2.43. The molecule has 1 amide bonds. The molecule has 3 aliphatic rings. The molecule has 5 nitrogen and oxygen atoms in total. The molecule has 0 aromatic heterocycles. The Morgan fingerprint density at radius 3 is 2.63 bits per heavy atom. The molecule has 148 valence electrons. The van der Waals surface area contributed by atoms with Crippen molar-refractivity contribution in [2.75, 3.05) is 39.3 Å². The largest absolute Gasteiger partial charge is 0.396 e.